The zero-order valence-corrected chi connectivity index (χ0v) is 13.4. The molecule has 5 nitrogen and oxygen atoms in total. The summed E-state index contributed by atoms with van der Waals surface area (Å²) in [6.07, 6.45) is 2.31. The average Bonchev–Trinajstić information content (AvgIpc) is 2.54. The van der Waals surface area contributed by atoms with Crippen molar-refractivity contribution in [2.75, 3.05) is 46.3 Å². The molecule has 0 atom stereocenters. The minimum atomic E-state index is 0.496. The SMILES string of the molecule is CCN1CCC(Nc2cc(OC)c(OC)c(OC)c2)CC1. The maximum Gasteiger partial charge on any atom is 0.203 e. The van der Waals surface area contributed by atoms with E-state index in [1.807, 2.05) is 12.1 Å². The van der Waals surface area contributed by atoms with Crippen LogP contribution in [0.4, 0.5) is 5.69 Å². The fraction of sp³-hybridized carbons (Fsp3) is 0.625. The van der Waals surface area contributed by atoms with Crippen LogP contribution in [0.25, 0.3) is 0 Å². The molecule has 1 heterocycles. The first-order valence-electron chi connectivity index (χ1n) is 7.50. The van der Waals surface area contributed by atoms with Gasteiger partial charge >= 0.3 is 0 Å². The summed E-state index contributed by atoms with van der Waals surface area (Å²) in [6.45, 7) is 5.65. The Hall–Kier alpha value is -1.62. The number of likely N-dealkylation sites (tertiary alicyclic amines) is 1. The van der Waals surface area contributed by atoms with Gasteiger partial charge in [0.05, 0.1) is 21.3 Å². The fourth-order valence-electron chi connectivity index (χ4n) is 2.79. The second-order valence-electron chi connectivity index (χ2n) is 5.27. The lowest BCUT2D eigenvalue weighted by Crippen LogP contribution is -2.38. The van der Waals surface area contributed by atoms with E-state index < -0.39 is 0 Å². The Morgan fingerprint density at radius 1 is 1.05 bits per heavy atom. The molecule has 1 aromatic rings. The summed E-state index contributed by atoms with van der Waals surface area (Å²) in [5, 5.41) is 3.58. The van der Waals surface area contributed by atoms with Crippen LogP contribution in [0.2, 0.25) is 0 Å². The topological polar surface area (TPSA) is 43.0 Å². The summed E-state index contributed by atoms with van der Waals surface area (Å²) in [6, 6.07) is 4.43. The first-order chi connectivity index (χ1) is 10.2. The van der Waals surface area contributed by atoms with Crippen molar-refractivity contribution in [1.29, 1.82) is 0 Å². The molecule has 1 aliphatic heterocycles. The lowest BCUT2D eigenvalue weighted by Gasteiger charge is -2.32. The van der Waals surface area contributed by atoms with Crippen LogP contribution in [-0.2, 0) is 0 Å². The average molecular weight is 294 g/mol. The summed E-state index contributed by atoms with van der Waals surface area (Å²) in [5.41, 5.74) is 1.01. The van der Waals surface area contributed by atoms with Gasteiger partial charge in [0.2, 0.25) is 5.75 Å². The van der Waals surface area contributed by atoms with Gasteiger partial charge < -0.3 is 24.4 Å². The predicted octanol–water partition coefficient (Wildman–Crippen LogP) is 2.61. The van der Waals surface area contributed by atoms with Crippen LogP contribution in [0.3, 0.4) is 0 Å². The maximum absolute atomic E-state index is 5.39. The van der Waals surface area contributed by atoms with E-state index in [-0.39, 0.29) is 0 Å². The zero-order chi connectivity index (χ0) is 15.2. The molecule has 0 saturated carbocycles. The van der Waals surface area contributed by atoms with E-state index in [2.05, 4.69) is 17.1 Å². The molecule has 0 bridgehead atoms. The largest absolute Gasteiger partial charge is 0.493 e. The Morgan fingerprint density at radius 2 is 1.62 bits per heavy atom. The molecule has 0 radical (unpaired) electrons. The van der Waals surface area contributed by atoms with Gasteiger partial charge in [-0.2, -0.15) is 0 Å². The van der Waals surface area contributed by atoms with Crippen molar-refractivity contribution in [3.05, 3.63) is 12.1 Å². The number of hydrogen-bond acceptors (Lipinski definition) is 5. The van der Waals surface area contributed by atoms with Gasteiger partial charge in [-0.05, 0) is 19.4 Å². The van der Waals surface area contributed by atoms with E-state index in [0.29, 0.717) is 23.3 Å². The van der Waals surface area contributed by atoms with E-state index in [9.17, 15) is 0 Å². The smallest absolute Gasteiger partial charge is 0.203 e. The minimum absolute atomic E-state index is 0.496. The van der Waals surface area contributed by atoms with Gasteiger partial charge in [0.15, 0.2) is 11.5 Å². The van der Waals surface area contributed by atoms with Crippen molar-refractivity contribution in [2.24, 2.45) is 0 Å². The van der Waals surface area contributed by atoms with Crippen molar-refractivity contribution in [3.8, 4) is 17.2 Å². The molecule has 21 heavy (non-hydrogen) atoms. The number of rotatable bonds is 6. The van der Waals surface area contributed by atoms with Gasteiger partial charge in [-0.25, -0.2) is 0 Å². The molecule has 1 N–H and O–H groups in total. The molecule has 118 valence electrons. The highest BCUT2D eigenvalue weighted by Crippen LogP contribution is 2.40. The first-order valence-corrected chi connectivity index (χ1v) is 7.50. The molecule has 0 amide bonds. The molecule has 0 unspecified atom stereocenters. The van der Waals surface area contributed by atoms with Crippen molar-refractivity contribution < 1.29 is 14.2 Å². The highest BCUT2D eigenvalue weighted by atomic mass is 16.5. The summed E-state index contributed by atoms with van der Waals surface area (Å²) < 4.78 is 16.1. The van der Waals surface area contributed by atoms with Gasteiger partial charge in [0.1, 0.15) is 0 Å². The Morgan fingerprint density at radius 3 is 2.05 bits per heavy atom. The number of benzene rings is 1. The molecule has 2 rings (SSSR count). The molecule has 1 fully saturated rings. The first kappa shape index (κ1) is 15.8. The predicted molar refractivity (Wildman–Crippen MR) is 84.9 cm³/mol. The molecule has 5 heteroatoms. The zero-order valence-electron chi connectivity index (χ0n) is 13.4. The highest BCUT2D eigenvalue weighted by Gasteiger charge is 2.19. The summed E-state index contributed by atoms with van der Waals surface area (Å²) >= 11 is 0. The van der Waals surface area contributed by atoms with E-state index >= 15 is 0 Å². The van der Waals surface area contributed by atoms with Crippen molar-refractivity contribution in [1.82, 2.24) is 4.90 Å². The molecule has 0 aliphatic carbocycles. The summed E-state index contributed by atoms with van der Waals surface area (Å²) in [4.78, 5) is 2.48. The van der Waals surface area contributed by atoms with Crippen LogP contribution in [0.1, 0.15) is 19.8 Å². The van der Waals surface area contributed by atoms with E-state index in [4.69, 9.17) is 14.2 Å². The molecule has 0 spiro atoms. The fourth-order valence-corrected chi connectivity index (χ4v) is 2.79. The van der Waals surface area contributed by atoms with E-state index in [1.54, 1.807) is 21.3 Å². The molecule has 1 saturated heterocycles. The molecule has 1 aliphatic rings. The van der Waals surface area contributed by atoms with Gasteiger partial charge in [0, 0.05) is 37.0 Å². The normalized spacial score (nSPS) is 16.6. The Labute approximate surface area is 127 Å². The Bertz CT molecular complexity index is 432. The van der Waals surface area contributed by atoms with Gasteiger partial charge in [-0.1, -0.05) is 6.92 Å². The summed E-state index contributed by atoms with van der Waals surface area (Å²) in [7, 11) is 4.90. The quantitative estimate of drug-likeness (QED) is 0.873. The number of piperidine rings is 1. The standard InChI is InChI=1S/C16H26N2O3/c1-5-18-8-6-12(7-9-18)17-13-10-14(19-2)16(21-4)15(11-13)20-3/h10-12,17H,5-9H2,1-4H3. The van der Waals surface area contributed by atoms with Crippen LogP contribution in [-0.4, -0.2) is 51.9 Å². The summed E-state index contributed by atoms with van der Waals surface area (Å²) in [5.74, 6) is 2.00. The van der Waals surface area contributed by atoms with E-state index in [0.717, 1.165) is 38.2 Å². The highest BCUT2D eigenvalue weighted by molar-refractivity contribution is 5.62. The second-order valence-corrected chi connectivity index (χ2v) is 5.27. The number of nitrogens with one attached hydrogen (secondary N) is 1. The number of nitrogens with zero attached hydrogens (tertiary/aromatic N) is 1. The second kappa shape index (κ2) is 7.41. The maximum atomic E-state index is 5.39. The van der Waals surface area contributed by atoms with Crippen molar-refractivity contribution in [3.63, 3.8) is 0 Å². The lowest BCUT2D eigenvalue weighted by atomic mass is 10.0. The number of methoxy groups -OCH3 is 3. The van der Waals surface area contributed by atoms with Gasteiger partial charge in [-0.15, -0.1) is 0 Å². The lowest BCUT2D eigenvalue weighted by molar-refractivity contribution is 0.229. The third-order valence-electron chi connectivity index (χ3n) is 4.07. The Balaban J connectivity index is 2.10. The molecular weight excluding hydrogens is 268 g/mol. The third kappa shape index (κ3) is 3.73. The van der Waals surface area contributed by atoms with Crippen molar-refractivity contribution in [2.45, 2.75) is 25.8 Å². The van der Waals surface area contributed by atoms with Crippen LogP contribution in [0.5, 0.6) is 17.2 Å². The monoisotopic (exact) mass is 294 g/mol. The molecular formula is C16H26N2O3. The number of ether oxygens (including phenoxy) is 3. The van der Waals surface area contributed by atoms with Gasteiger partial charge in [0.25, 0.3) is 0 Å². The minimum Gasteiger partial charge on any atom is -0.493 e. The van der Waals surface area contributed by atoms with Crippen LogP contribution in [0, 0.1) is 0 Å². The number of anilines is 1. The van der Waals surface area contributed by atoms with Crippen LogP contribution < -0.4 is 19.5 Å². The Kier molecular flexibility index (Phi) is 5.56. The third-order valence-corrected chi connectivity index (χ3v) is 4.07. The van der Waals surface area contributed by atoms with Crippen LogP contribution >= 0.6 is 0 Å². The van der Waals surface area contributed by atoms with Crippen LogP contribution in [0.15, 0.2) is 12.1 Å². The molecule has 0 aromatic heterocycles. The molecule has 1 aromatic carbocycles. The van der Waals surface area contributed by atoms with E-state index in [1.165, 1.54) is 0 Å². The number of hydrogen-bond donors (Lipinski definition) is 1. The van der Waals surface area contributed by atoms with Gasteiger partial charge in [-0.3, -0.25) is 0 Å². The van der Waals surface area contributed by atoms with Crippen molar-refractivity contribution >= 4 is 5.69 Å².